The number of benzene rings is 1. The predicted molar refractivity (Wildman–Crippen MR) is 95.7 cm³/mol. The van der Waals surface area contributed by atoms with Crippen LogP contribution in [0.15, 0.2) is 24.3 Å². The fraction of sp³-hybridized carbons (Fsp3) is 0.647. The Morgan fingerprint density at radius 2 is 1.95 bits per heavy atom. The van der Waals surface area contributed by atoms with Gasteiger partial charge in [0, 0.05) is 0 Å². The van der Waals surface area contributed by atoms with E-state index in [-0.39, 0.29) is 17.2 Å². The van der Waals surface area contributed by atoms with Crippen LogP contribution in [0.3, 0.4) is 0 Å². The zero-order valence-electron chi connectivity index (χ0n) is 13.4. The van der Waals surface area contributed by atoms with Crippen LogP contribution in [0.2, 0.25) is 0 Å². The zero-order valence-corrected chi connectivity index (χ0v) is 15.1. The third kappa shape index (κ3) is 3.12. The molecule has 1 heterocycles. The average Bonchev–Trinajstić information content (AvgIpc) is 2.73. The second kappa shape index (κ2) is 6.60. The summed E-state index contributed by atoms with van der Waals surface area (Å²) in [5.74, 6) is 0.485. The van der Waals surface area contributed by atoms with E-state index in [9.17, 15) is 4.21 Å². The minimum Gasteiger partial charge on any atom is -0.317 e. The van der Waals surface area contributed by atoms with Gasteiger partial charge in [0.2, 0.25) is 0 Å². The van der Waals surface area contributed by atoms with Gasteiger partial charge in [-0.05, 0) is 75.1 Å². The number of halogens is 1. The van der Waals surface area contributed by atoms with E-state index < -0.39 is 11.0 Å². The average molecular weight is 343 g/mol. The van der Waals surface area contributed by atoms with Crippen LogP contribution in [-0.2, 0) is 17.4 Å². The molecule has 3 N–H and O–H groups in total. The summed E-state index contributed by atoms with van der Waals surface area (Å²) < 4.78 is 11.6. The van der Waals surface area contributed by atoms with Crippen molar-refractivity contribution in [2.24, 2.45) is 10.6 Å². The van der Waals surface area contributed by atoms with Gasteiger partial charge in [-0.1, -0.05) is 24.3 Å². The van der Waals surface area contributed by atoms with Gasteiger partial charge in [0.15, 0.2) is 0 Å². The summed E-state index contributed by atoms with van der Waals surface area (Å²) in [4.78, 5) is 0. The fourth-order valence-corrected chi connectivity index (χ4v) is 4.55. The molecule has 2 atom stereocenters. The first-order chi connectivity index (χ1) is 9.95. The van der Waals surface area contributed by atoms with E-state index in [4.69, 9.17) is 5.14 Å². The van der Waals surface area contributed by atoms with Gasteiger partial charge in [-0.15, -0.1) is 12.4 Å². The van der Waals surface area contributed by atoms with Crippen molar-refractivity contribution in [3.63, 3.8) is 0 Å². The first-order valence-electron chi connectivity index (χ1n) is 7.89. The van der Waals surface area contributed by atoms with Crippen LogP contribution in [0.1, 0.15) is 50.2 Å². The van der Waals surface area contributed by atoms with E-state index in [0.29, 0.717) is 11.3 Å². The van der Waals surface area contributed by atoms with E-state index in [0.717, 1.165) is 19.5 Å². The molecular weight excluding hydrogens is 316 g/mol. The summed E-state index contributed by atoms with van der Waals surface area (Å²) in [5, 5.41) is 9.23. The maximum Gasteiger partial charge on any atom is 0.0945 e. The molecule has 0 bridgehead atoms. The molecule has 5 heteroatoms. The van der Waals surface area contributed by atoms with Gasteiger partial charge >= 0.3 is 0 Å². The molecule has 0 saturated carbocycles. The van der Waals surface area contributed by atoms with Gasteiger partial charge in [-0.2, -0.15) is 0 Å². The number of rotatable bonds is 3. The van der Waals surface area contributed by atoms with Crippen molar-refractivity contribution in [2.75, 3.05) is 13.1 Å². The minimum absolute atomic E-state index is 0. The summed E-state index contributed by atoms with van der Waals surface area (Å²) in [5.41, 5.74) is 3.30. The van der Waals surface area contributed by atoms with Crippen LogP contribution in [-0.4, -0.2) is 22.0 Å². The van der Waals surface area contributed by atoms with Gasteiger partial charge < -0.3 is 5.32 Å². The maximum absolute atomic E-state index is 11.9. The molecule has 3 nitrogen and oxygen atoms in total. The maximum atomic E-state index is 11.9. The molecule has 1 aromatic carbocycles. The molecule has 124 valence electrons. The second-order valence-corrected chi connectivity index (χ2v) is 9.00. The van der Waals surface area contributed by atoms with Gasteiger partial charge in [-0.3, -0.25) is 5.14 Å². The number of hydrogen-bond donors (Lipinski definition) is 2. The molecule has 1 aliphatic heterocycles. The number of fused-ring (bicyclic) bond motifs is 1. The van der Waals surface area contributed by atoms with Crippen molar-refractivity contribution in [2.45, 2.75) is 50.2 Å². The molecule has 1 saturated heterocycles. The Bertz CT molecular complexity index is 555. The highest BCUT2D eigenvalue weighted by molar-refractivity contribution is 7.84. The molecule has 2 aliphatic rings. The van der Waals surface area contributed by atoms with Gasteiger partial charge in [0.25, 0.3) is 0 Å². The van der Waals surface area contributed by atoms with Crippen molar-refractivity contribution in [3.8, 4) is 0 Å². The summed E-state index contributed by atoms with van der Waals surface area (Å²) in [7, 11) is -1.29. The molecule has 1 unspecified atom stereocenters. The first kappa shape index (κ1) is 17.9. The zero-order chi connectivity index (χ0) is 15.1. The lowest BCUT2D eigenvalue weighted by molar-refractivity contribution is 0.158. The van der Waals surface area contributed by atoms with Crippen molar-refractivity contribution in [1.29, 1.82) is 0 Å². The lowest BCUT2D eigenvalue weighted by Gasteiger charge is -2.42. The van der Waals surface area contributed by atoms with Gasteiger partial charge in [-0.25, -0.2) is 4.21 Å². The minimum atomic E-state index is -1.29. The lowest BCUT2D eigenvalue weighted by Crippen LogP contribution is -2.43. The fourth-order valence-electron chi connectivity index (χ4n) is 4.22. The van der Waals surface area contributed by atoms with Crippen molar-refractivity contribution >= 4 is 23.4 Å². The second-order valence-electron chi connectivity index (χ2n) is 7.30. The van der Waals surface area contributed by atoms with Crippen molar-refractivity contribution < 1.29 is 4.21 Å². The molecule has 0 amide bonds. The Labute approximate surface area is 142 Å². The van der Waals surface area contributed by atoms with E-state index in [1.54, 1.807) is 0 Å². The Morgan fingerprint density at radius 3 is 2.59 bits per heavy atom. The third-order valence-corrected chi connectivity index (χ3v) is 6.81. The van der Waals surface area contributed by atoms with Gasteiger partial charge in [0.1, 0.15) is 0 Å². The predicted octanol–water partition coefficient (Wildman–Crippen LogP) is 2.91. The standard InChI is InChI=1S/C17H26N2OS.ClH/c1-16(2,21(18)20)12-15-14-6-4-3-5-13(14)11-17(15)7-9-19-10-8-17;/h3-6,15,19H,7-12,18H2,1-2H3;1H/t15-,21?;/m1./s1. The molecule has 1 aliphatic carbocycles. The smallest absolute Gasteiger partial charge is 0.0945 e. The molecule has 3 rings (SSSR count). The quantitative estimate of drug-likeness (QED) is 0.887. The highest BCUT2D eigenvalue weighted by Gasteiger charge is 2.48. The van der Waals surface area contributed by atoms with Crippen LogP contribution >= 0.6 is 12.4 Å². The number of piperidine rings is 1. The Kier molecular flexibility index (Phi) is 5.38. The summed E-state index contributed by atoms with van der Waals surface area (Å²) in [6, 6.07) is 8.82. The Morgan fingerprint density at radius 1 is 1.32 bits per heavy atom. The van der Waals surface area contributed by atoms with E-state index in [1.165, 1.54) is 30.4 Å². The first-order valence-corrected chi connectivity index (χ1v) is 9.11. The topological polar surface area (TPSA) is 55.1 Å². The summed E-state index contributed by atoms with van der Waals surface area (Å²) in [6.45, 7) is 6.27. The summed E-state index contributed by atoms with van der Waals surface area (Å²) in [6.07, 6.45) is 4.50. The molecule has 1 spiro atoms. The van der Waals surface area contributed by atoms with Crippen LogP contribution in [0.25, 0.3) is 0 Å². The highest BCUT2D eigenvalue weighted by Crippen LogP contribution is 2.55. The van der Waals surface area contributed by atoms with Crippen LogP contribution in [0.4, 0.5) is 0 Å². The number of nitrogens with one attached hydrogen (secondary N) is 1. The van der Waals surface area contributed by atoms with Crippen LogP contribution in [0.5, 0.6) is 0 Å². The number of nitrogens with two attached hydrogens (primary N) is 1. The molecule has 1 fully saturated rings. The lowest BCUT2D eigenvalue weighted by atomic mass is 9.67. The normalized spacial score (nSPS) is 24.6. The van der Waals surface area contributed by atoms with E-state index >= 15 is 0 Å². The van der Waals surface area contributed by atoms with E-state index in [2.05, 4.69) is 29.6 Å². The molecular formula is C17H27ClN2OS. The Hall–Kier alpha value is -0.420. The third-order valence-electron chi connectivity index (χ3n) is 5.55. The highest BCUT2D eigenvalue weighted by atomic mass is 35.5. The number of hydrogen-bond acceptors (Lipinski definition) is 2. The monoisotopic (exact) mass is 342 g/mol. The van der Waals surface area contributed by atoms with E-state index in [1.807, 2.05) is 13.8 Å². The Balaban J connectivity index is 0.00000176. The summed E-state index contributed by atoms with van der Waals surface area (Å²) >= 11 is 0. The molecule has 22 heavy (non-hydrogen) atoms. The van der Waals surface area contributed by atoms with Crippen LogP contribution in [0, 0.1) is 5.41 Å². The van der Waals surface area contributed by atoms with Crippen molar-refractivity contribution in [3.05, 3.63) is 35.4 Å². The van der Waals surface area contributed by atoms with Crippen LogP contribution < -0.4 is 10.5 Å². The molecule has 1 aromatic rings. The largest absolute Gasteiger partial charge is 0.317 e. The SMILES string of the molecule is CC(C)(C[C@@H]1c2ccccc2CC12CCNCC2)S(N)=O.Cl. The van der Waals surface area contributed by atoms with Gasteiger partial charge in [0.05, 0.1) is 15.7 Å². The van der Waals surface area contributed by atoms with Crippen molar-refractivity contribution in [1.82, 2.24) is 5.32 Å². The molecule has 0 radical (unpaired) electrons. The molecule has 0 aromatic heterocycles.